The fourth-order valence-corrected chi connectivity index (χ4v) is 3.29. The number of aryl methyl sites for hydroxylation is 4. The summed E-state index contributed by atoms with van der Waals surface area (Å²) in [5.74, 6) is 5.76. The van der Waals surface area contributed by atoms with Crippen LogP contribution in [0.4, 0.5) is 0 Å². The molecule has 0 fully saturated rings. The van der Waals surface area contributed by atoms with Crippen molar-refractivity contribution in [2.45, 2.75) is 39.7 Å². The van der Waals surface area contributed by atoms with Crippen LogP contribution in [0.25, 0.3) is 0 Å². The van der Waals surface area contributed by atoms with Gasteiger partial charge < -0.3 is 0 Å². The lowest BCUT2D eigenvalue weighted by Gasteiger charge is -2.17. The Morgan fingerprint density at radius 1 is 1.19 bits per heavy atom. The summed E-state index contributed by atoms with van der Waals surface area (Å²) in [6.07, 6.45) is 1.73. The highest BCUT2D eigenvalue weighted by molar-refractivity contribution is 9.10. The van der Waals surface area contributed by atoms with Crippen LogP contribution < -0.4 is 11.3 Å². The average molecular weight is 351 g/mol. The second kappa shape index (κ2) is 6.73. The van der Waals surface area contributed by atoms with Gasteiger partial charge in [-0.1, -0.05) is 29.3 Å². The van der Waals surface area contributed by atoms with Crippen molar-refractivity contribution in [1.82, 2.24) is 15.2 Å². The van der Waals surface area contributed by atoms with E-state index in [0.717, 1.165) is 23.0 Å². The number of rotatable bonds is 5. The lowest BCUT2D eigenvalue weighted by atomic mass is 9.99. The Hall–Kier alpha value is -1.17. The molecule has 0 bridgehead atoms. The molecule has 0 spiro atoms. The summed E-state index contributed by atoms with van der Waals surface area (Å²) in [6, 6.07) is 6.81. The van der Waals surface area contributed by atoms with Crippen LogP contribution in [-0.2, 0) is 19.9 Å². The van der Waals surface area contributed by atoms with Gasteiger partial charge in [0.15, 0.2) is 0 Å². The van der Waals surface area contributed by atoms with Gasteiger partial charge in [0.1, 0.15) is 0 Å². The van der Waals surface area contributed by atoms with Crippen LogP contribution in [0.5, 0.6) is 0 Å². The minimum Gasteiger partial charge on any atom is -0.271 e. The Morgan fingerprint density at radius 2 is 1.81 bits per heavy atom. The zero-order chi connectivity index (χ0) is 15.6. The van der Waals surface area contributed by atoms with Gasteiger partial charge in [0.25, 0.3) is 0 Å². The Balaban J connectivity index is 2.16. The summed E-state index contributed by atoms with van der Waals surface area (Å²) in [5.41, 5.74) is 9.01. The Bertz CT molecular complexity index is 613. The lowest BCUT2D eigenvalue weighted by Crippen LogP contribution is -2.39. The predicted octanol–water partition coefficient (Wildman–Crippen LogP) is 2.72. The van der Waals surface area contributed by atoms with Crippen LogP contribution in [-0.4, -0.2) is 15.8 Å². The van der Waals surface area contributed by atoms with Crippen molar-refractivity contribution in [1.29, 1.82) is 0 Å². The van der Waals surface area contributed by atoms with Crippen molar-refractivity contribution in [3.8, 4) is 0 Å². The van der Waals surface area contributed by atoms with Crippen molar-refractivity contribution < 1.29 is 0 Å². The summed E-state index contributed by atoms with van der Waals surface area (Å²) in [6.45, 7) is 6.26. The molecule has 5 heteroatoms. The van der Waals surface area contributed by atoms with E-state index in [2.05, 4.69) is 58.5 Å². The molecule has 1 aromatic heterocycles. The molecule has 0 radical (unpaired) electrons. The molecular weight excluding hydrogens is 328 g/mol. The van der Waals surface area contributed by atoms with Crippen molar-refractivity contribution in [3.63, 3.8) is 0 Å². The molecule has 0 aliphatic carbocycles. The van der Waals surface area contributed by atoms with Crippen molar-refractivity contribution in [3.05, 3.63) is 50.8 Å². The smallest absolute Gasteiger partial charge is 0.0738 e. The topological polar surface area (TPSA) is 55.9 Å². The molecule has 2 rings (SSSR count). The minimum atomic E-state index is 0.178. The number of aromatic nitrogens is 2. The number of benzene rings is 1. The molecule has 114 valence electrons. The normalized spacial score (nSPS) is 12.7. The summed E-state index contributed by atoms with van der Waals surface area (Å²) in [4.78, 5) is 0. The van der Waals surface area contributed by atoms with Gasteiger partial charge in [0.2, 0.25) is 0 Å². The number of nitrogens with zero attached hydrogens (tertiary/aromatic N) is 2. The van der Waals surface area contributed by atoms with Crippen molar-refractivity contribution >= 4 is 15.9 Å². The zero-order valence-corrected chi connectivity index (χ0v) is 14.7. The van der Waals surface area contributed by atoms with Gasteiger partial charge in [-0.2, -0.15) is 5.10 Å². The largest absolute Gasteiger partial charge is 0.271 e. The van der Waals surface area contributed by atoms with Crippen LogP contribution in [0.3, 0.4) is 0 Å². The molecule has 1 aromatic carbocycles. The molecule has 1 heterocycles. The molecule has 1 atom stereocenters. The second-order valence-electron chi connectivity index (χ2n) is 5.74. The third kappa shape index (κ3) is 3.93. The number of hydrazine groups is 1. The summed E-state index contributed by atoms with van der Waals surface area (Å²) >= 11 is 3.62. The van der Waals surface area contributed by atoms with Gasteiger partial charge in [-0.05, 0) is 48.7 Å². The zero-order valence-electron chi connectivity index (χ0n) is 13.1. The van der Waals surface area contributed by atoms with E-state index in [9.17, 15) is 0 Å². The maximum Gasteiger partial charge on any atom is 0.0738 e. The van der Waals surface area contributed by atoms with Crippen LogP contribution in [0, 0.1) is 20.8 Å². The van der Waals surface area contributed by atoms with Gasteiger partial charge in [-0.15, -0.1) is 0 Å². The van der Waals surface area contributed by atoms with Crippen molar-refractivity contribution in [2.75, 3.05) is 0 Å². The highest BCUT2D eigenvalue weighted by Gasteiger charge is 2.16. The SMILES string of the molecule is Cc1cc(C)cc(CC(Cc2c(Br)c(C)nn2C)NN)c1. The highest BCUT2D eigenvalue weighted by atomic mass is 79.9. The Labute approximate surface area is 134 Å². The van der Waals surface area contributed by atoms with Crippen LogP contribution in [0.2, 0.25) is 0 Å². The Morgan fingerprint density at radius 3 is 2.29 bits per heavy atom. The standard InChI is InChI=1S/C16H23BrN4/c1-10-5-11(2)7-13(6-10)8-14(19-18)9-15-16(17)12(3)20-21(15)4/h5-7,14,19H,8-9,18H2,1-4H3. The molecule has 0 aliphatic rings. The van der Waals surface area contributed by atoms with E-state index >= 15 is 0 Å². The van der Waals surface area contributed by atoms with E-state index in [0.29, 0.717) is 0 Å². The van der Waals surface area contributed by atoms with Gasteiger partial charge in [-0.25, -0.2) is 0 Å². The minimum absolute atomic E-state index is 0.178. The average Bonchev–Trinajstić information content (AvgIpc) is 2.63. The fourth-order valence-electron chi connectivity index (χ4n) is 2.80. The summed E-state index contributed by atoms with van der Waals surface area (Å²) in [7, 11) is 1.97. The fraction of sp³-hybridized carbons (Fsp3) is 0.438. The first-order valence-corrected chi connectivity index (χ1v) is 7.91. The first-order valence-electron chi connectivity index (χ1n) is 7.12. The number of hydrogen-bond donors (Lipinski definition) is 2. The number of nitrogens with two attached hydrogens (primary N) is 1. The summed E-state index contributed by atoms with van der Waals surface area (Å²) < 4.78 is 3.00. The molecule has 0 amide bonds. The third-order valence-corrected chi connectivity index (χ3v) is 4.73. The highest BCUT2D eigenvalue weighted by Crippen LogP contribution is 2.22. The van der Waals surface area contributed by atoms with E-state index in [-0.39, 0.29) is 6.04 Å². The molecule has 1 unspecified atom stereocenters. The number of halogens is 1. The maximum absolute atomic E-state index is 5.76. The van der Waals surface area contributed by atoms with Crippen LogP contribution in [0.1, 0.15) is 28.1 Å². The van der Waals surface area contributed by atoms with Gasteiger partial charge in [0.05, 0.1) is 15.9 Å². The molecule has 0 saturated carbocycles. The third-order valence-electron chi connectivity index (χ3n) is 3.70. The quantitative estimate of drug-likeness (QED) is 0.643. The second-order valence-corrected chi connectivity index (χ2v) is 6.53. The lowest BCUT2D eigenvalue weighted by molar-refractivity contribution is 0.504. The first kappa shape index (κ1) is 16.2. The van der Waals surface area contributed by atoms with Crippen molar-refractivity contribution in [2.24, 2.45) is 12.9 Å². The molecule has 4 nitrogen and oxygen atoms in total. The molecule has 2 aromatic rings. The maximum atomic E-state index is 5.76. The number of nitrogens with one attached hydrogen (secondary N) is 1. The molecule has 3 N–H and O–H groups in total. The summed E-state index contributed by atoms with van der Waals surface area (Å²) in [5, 5.41) is 4.43. The van der Waals surface area contributed by atoms with Gasteiger partial charge in [-0.3, -0.25) is 16.0 Å². The van der Waals surface area contributed by atoms with Gasteiger partial charge in [0, 0.05) is 19.5 Å². The molecule has 21 heavy (non-hydrogen) atoms. The van der Waals surface area contributed by atoms with E-state index in [4.69, 9.17) is 5.84 Å². The van der Waals surface area contributed by atoms with E-state index in [1.54, 1.807) is 0 Å². The molecule has 0 saturated heterocycles. The van der Waals surface area contributed by atoms with Crippen LogP contribution in [0.15, 0.2) is 22.7 Å². The molecule has 0 aliphatic heterocycles. The predicted molar refractivity (Wildman–Crippen MR) is 90.1 cm³/mol. The van der Waals surface area contributed by atoms with Gasteiger partial charge >= 0.3 is 0 Å². The molecular formula is C16H23BrN4. The number of hydrogen-bond acceptors (Lipinski definition) is 3. The van der Waals surface area contributed by atoms with E-state index in [1.807, 2.05) is 18.7 Å². The van der Waals surface area contributed by atoms with E-state index in [1.165, 1.54) is 22.4 Å². The Kier molecular flexibility index (Phi) is 5.19. The van der Waals surface area contributed by atoms with Crippen LogP contribution >= 0.6 is 15.9 Å². The first-order chi connectivity index (χ1) is 9.90. The monoisotopic (exact) mass is 350 g/mol. The van der Waals surface area contributed by atoms with E-state index < -0.39 is 0 Å².